The van der Waals surface area contributed by atoms with Crippen LogP contribution in [-0.4, -0.2) is 47.7 Å². The molecule has 0 saturated heterocycles. The van der Waals surface area contributed by atoms with Crippen molar-refractivity contribution in [3.8, 4) is 0 Å². The van der Waals surface area contributed by atoms with Gasteiger partial charge in [0.15, 0.2) is 0 Å². The monoisotopic (exact) mass is 385 g/mol. The van der Waals surface area contributed by atoms with Gasteiger partial charge in [-0.3, -0.25) is 15.0 Å². The lowest BCUT2D eigenvalue weighted by atomic mass is 10.2. The van der Waals surface area contributed by atoms with Gasteiger partial charge in [0.2, 0.25) is 5.82 Å². The van der Waals surface area contributed by atoms with Crippen LogP contribution in [0.4, 0.5) is 5.69 Å². The number of benzene rings is 2. The molecule has 1 aromatic heterocycles. The minimum Gasteiger partial charge on any atom is -0.348 e. The van der Waals surface area contributed by atoms with E-state index in [4.69, 9.17) is 11.6 Å². The third-order valence-electron chi connectivity index (χ3n) is 3.91. The second-order valence-corrected chi connectivity index (χ2v) is 6.71. The standard InChI is InChI=1S/C19H20ClN5O2/c1-24(2)12-11-21-18(26)17-22-16-6-4-3-5-15(16)19(27)25(17)23-14-9-7-13(20)8-10-14/h3-10,23H,11-12H2,1-2H3,(H,21,26). The molecule has 3 aromatic rings. The number of fused-ring (bicyclic) bond motifs is 1. The highest BCUT2D eigenvalue weighted by Gasteiger charge is 2.17. The molecule has 0 saturated carbocycles. The number of carbonyl (C=O) groups is 1. The van der Waals surface area contributed by atoms with Gasteiger partial charge in [0.05, 0.1) is 16.6 Å². The van der Waals surface area contributed by atoms with E-state index in [-0.39, 0.29) is 11.4 Å². The van der Waals surface area contributed by atoms with Crippen LogP contribution in [0.3, 0.4) is 0 Å². The van der Waals surface area contributed by atoms with E-state index in [9.17, 15) is 9.59 Å². The second-order valence-electron chi connectivity index (χ2n) is 6.27. The molecular weight excluding hydrogens is 366 g/mol. The summed E-state index contributed by atoms with van der Waals surface area (Å²) in [6.45, 7) is 1.11. The Hall–Kier alpha value is -2.90. The Morgan fingerprint density at radius 2 is 1.85 bits per heavy atom. The molecule has 0 spiro atoms. The number of nitrogens with one attached hydrogen (secondary N) is 2. The minimum absolute atomic E-state index is 0.00703. The Bertz CT molecular complexity index is 1010. The molecule has 0 aliphatic heterocycles. The summed E-state index contributed by atoms with van der Waals surface area (Å²) in [6.07, 6.45) is 0. The van der Waals surface area contributed by atoms with Gasteiger partial charge in [-0.25, -0.2) is 4.98 Å². The summed E-state index contributed by atoms with van der Waals surface area (Å²) in [5, 5.41) is 3.79. The molecule has 0 unspecified atom stereocenters. The SMILES string of the molecule is CN(C)CCNC(=O)c1nc2ccccc2c(=O)n1Nc1ccc(Cl)cc1. The van der Waals surface area contributed by atoms with Gasteiger partial charge in [-0.1, -0.05) is 23.7 Å². The molecule has 1 amide bonds. The molecule has 0 aliphatic rings. The van der Waals surface area contributed by atoms with Gasteiger partial charge in [0.1, 0.15) is 0 Å². The Kier molecular flexibility index (Phi) is 5.73. The molecule has 140 valence electrons. The normalized spacial score (nSPS) is 11.0. The lowest BCUT2D eigenvalue weighted by Crippen LogP contribution is -2.39. The van der Waals surface area contributed by atoms with Crippen LogP contribution in [0.15, 0.2) is 53.3 Å². The number of nitrogens with zero attached hydrogens (tertiary/aromatic N) is 3. The van der Waals surface area contributed by atoms with E-state index in [0.29, 0.717) is 34.7 Å². The molecule has 2 aromatic carbocycles. The van der Waals surface area contributed by atoms with E-state index in [1.54, 1.807) is 48.5 Å². The molecule has 0 atom stereocenters. The number of rotatable bonds is 6. The van der Waals surface area contributed by atoms with Crippen molar-refractivity contribution in [2.45, 2.75) is 0 Å². The Morgan fingerprint density at radius 3 is 2.56 bits per heavy atom. The molecule has 3 rings (SSSR count). The van der Waals surface area contributed by atoms with Crippen molar-refractivity contribution in [1.82, 2.24) is 19.9 Å². The maximum atomic E-state index is 13.0. The highest BCUT2D eigenvalue weighted by molar-refractivity contribution is 6.30. The zero-order chi connectivity index (χ0) is 19.4. The number of hydrogen-bond donors (Lipinski definition) is 2. The van der Waals surface area contributed by atoms with Crippen molar-refractivity contribution in [1.29, 1.82) is 0 Å². The van der Waals surface area contributed by atoms with Crippen LogP contribution in [0, 0.1) is 0 Å². The number of halogens is 1. The maximum absolute atomic E-state index is 13.0. The average Bonchev–Trinajstić information content (AvgIpc) is 2.65. The van der Waals surface area contributed by atoms with E-state index >= 15 is 0 Å². The minimum atomic E-state index is -0.429. The molecule has 2 N–H and O–H groups in total. The summed E-state index contributed by atoms with van der Waals surface area (Å²) in [5.41, 5.74) is 3.68. The summed E-state index contributed by atoms with van der Waals surface area (Å²) in [7, 11) is 3.83. The molecule has 27 heavy (non-hydrogen) atoms. The van der Waals surface area contributed by atoms with Crippen LogP contribution in [0.5, 0.6) is 0 Å². The molecule has 0 radical (unpaired) electrons. The van der Waals surface area contributed by atoms with Crippen LogP contribution in [0.1, 0.15) is 10.6 Å². The van der Waals surface area contributed by atoms with Gasteiger partial charge < -0.3 is 10.2 Å². The fourth-order valence-electron chi connectivity index (χ4n) is 2.51. The van der Waals surface area contributed by atoms with Crippen molar-refractivity contribution in [3.63, 3.8) is 0 Å². The van der Waals surface area contributed by atoms with Gasteiger partial charge in [0.25, 0.3) is 11.5 Å². The van der Waals surface area contributed by atoms with Crippen LogP contribution >= 0.6 is 11.6 Å². The molecule has 0 aliphatic carbocycles. The third kappa shape index (κ3) is 4.45. The van der Waals surface area contributed by atoms with Crippen LogP contribution in [-0.2, 0) is 0 Å². The Labute approximate surface area is 161 Å². The van der Waals surface area contributed by atoms with Crippen molar-refractivity contribution in [2.75, 3.05) is 32.6 Å². The number of hydrogen-bond acceptors (Lipinski definition) is 5. The first-order chi connectivity index (χ1) is 13.0. The number of likely N-dealkylation sites (N-methyl/N-ethyl adjacent to an activating group) is 1. The van der Waals surface area contributed by atoms with Gasteiger partial charge in [0, 0.05) is 18.1 Å². The van der Waals surface area contributed by atoms with Crippen LogP contribution in [0.25, 0.3) is 10.9 Å². The lowest BCUT2D eigenvalue weighted by molar-refractivity contribution is 0.0937. The first kappa shape index (κ1) is 18.9. The molecule has 1 heterocycles. The predicted molar refractivity (Wildman–Crippen MR) is 107 cm³/mol. The van der Waals surface area contributed by atoms with Crippen molar-refractivity contribution in [2.24, 2.45) is 0 Å². The molecule has 8 heteroatoms. The number of anilines is 1. The van der Waals surface area contributed by atoms with Crippen LogP contribution < -0.4 is 16.3 Å². The van der Waals surface area contributed by atoms with E-state index in [2.05, 4.69) is 15.7 Å². The van der Waals surface area contributed by atoms with Gasteiger partial charge in [-0.15, -0.1) is 0 Å². The van der Waals surface area contributed by atoms with Crippen molar-refractivity contribution in [3.05, 3.63) is 69.7 Å². The molecule has 7 nitrogen and oxygen atoms in total. The average molecular weight is 386 g/mol. The van der Waals surface area contributed by atoms with E-state index < -0.39 is 5.91 Å². The number of amides is 1. The zero-order valence-corrected chi connectivity index (χ0v) is 15.8. The van der Waals surface area contributed by atoms with Crippen molar-refractivity contribution >= 4 is 34.1 Å². The second kappa shape index (κ2) is 8.20. The summed E-state index contributed by atoms with van der Waals surface area (Å²) < 4.78 is 1.16. The van der Waals surface area contributed by atoms with E-state index in [1.165, 1.54) is 0 Å². The highest BCUT2D eigenvalue weighted by atomic mass is 35.5. The van der Waals surface area contributed by atoms with Crippen LogP contribution in [0.2, 0.25) is 5.02 Å². The third-order valence-corrected chi connectivity index (χ3v) is 4.16. The summed E-state index contributed by atoms with van der Waals surface area (Å²) in [6, 6.07) is 13.8. The maximum Gasteiger partial charge on any atom is 0.289 e. The first-order valence-electron chi connectivity index (χ1n) is 8.43. The van der Waals surface area contributed by atoms with Gasteiger partial charge in [-0.2, -0.15) is 4.68 Å². The number of aromatic nitrogens is 2. The molecule has 0 bridgehead atoms. The summed E-state index contributed by atoms with van der Waals surface area (Å²) in [5.74, 6) is -0.437. The Morgan fingerprint density at radius 1 is 1.15 bits per heavy atom. The molecular formula is C19H20ClN5O2. The fraction of sp³-hybridized carbons (Fsp3) is 0.211. The zero-order valence-electron chi connectivity index (χ0n) is 15.1. The lowest BCUT2D eigenvalue weighted by Gasteiger charge is -2.16. The number of carbonyl (C=O) groups excluding carboxylic acids is 1. The Balaban J connectivity index is 2.02. The van der Waals surface area contributed by atoms with Gasteiger partial charge in [-0.05, 0) is 50.5 Å². The largest absolute Gasteiger partial charge is 0.348 e. The quantitative estimate of drug-likeness (QED) is 0.680. The fourth-order valence-corrected chi connectivity index (χ4v) is 2.64. The van der Waals surface area contributed by atoms with Crippen molar-refractivity contribution < 1.29 is 4.79 Å². The van der Waals surface area contributed by atoms with Gasteiger partial charge >= 0.3 is 0 Å². The summed E-state index contributed by atoms with van der Waals surface area (Å²) in [4.78, 5) is 32.0. The molecule has 0 fully saturated rings. The predicted octanol–water partition coefficient (Wildman–Crippen LogP) is 2.22. The first-order valence-corrected chi connectivity index (χ1v) is 8.81. The highest BCUT2D eigenvalue weighted by Crippen LogP contribution is 2.14. The van der Waals surface area contributed by atoms with E-state index in [0.717, 1.165) is 4.68 Å². The smallest absolute Gasteiger partial charge is 0.289 e. The topological polar surface area (TPSA) is 79.3 Å². The number of para-hydroxylation sites is 1. The van der Waals surface area contributed by atoms with E-state index in [1.807, 2.05) is 19.0 Å². The summed E-state index contributed by atoms with van der Waals surface area (Å²) >= 11 is 5.91.